The molecule has 0 aliphatic heterocycles. The van der Waals surface area contributed by atoms with E-state index in [1.807, 2.05) is 18.2 Å². The van der Waals surface area contributed by atoms with Gasteiger partial charge in [0.05, 0.1) is 15.9 Å². The summed E-state index contributed by atoms with van der Waals surface area (Å²) < 4.78 is 15.5. The van der Waals surface area contributed by atoms with Gasteiger partial charge in [-0.25, -0.2) is 9.37 Å². The minimum Gasteiger partial charge on any atom is -0.396 e. The Kier molecular flexibility index (Phi) is 2.80. The van der Waals surface area contributed by atoms with E-state index in [2.05, 4.69) is 20.9 Å². The molecule has 2 nitrogen and oxygen atoms in total. The van der Waals surface area contributed by atoms with E-state index >= 15 is 0 Å². The number of anilines is 1. The Morgan fingerprint density at radius 3 is 2.78 bits per heavy atom. The van der Waals surface area contributed by atoms with Gasteiger partial charge in [-0.05, 0) is 36.4 Å². The molecule has 0 saturated carbocycles. The Morgan fingerprint density at radius 1 is 1.17 bits per heavy atom. The summed E-state index contributed by atoms with van der Waals surface area (Å²) in [7, 11) is 0. The van der Waals surface area contributed by atoms with Crippen molar-refractivity contribution in [2.45, 2.75) is 0 Å². The first kappa shape index (κ1) is 11.6. The van der Waals surface area contributed by atoms with Gasteiger partial charge in [0.2, 0.25) is 0 Å². The third kappa shape index (κ3) is 2.00. The molecule has 0 fully saturated rings. The second-order valence-corrected chi connectivity index (χ2v) is 5.81. The first-order valence-corrected chi connectivity index (χ1v) is 6.86. The number of nitrogens with two attached hydrogens (primary N) is 1. The molecule has 18 heavy (non-hydrogen) atoms. The number of nitrogen functional groups attached to an aromatic ring is 1. The van der Waals surface area contributed by atoms with E-state index in [-0.39, 0.29) is 5.69 Å². The summed E-state index contributed by atoms with van der Waals surface area (Å²) in [5.74, 6) is -0.409. The minimum absolute atomic E-state index is 0.155. The van der Waals surface area contributed by atoms with Gasteiger partial charge in [0.15, 0.2) is 0 Å². The van der Waals surface area contributed by atoms with Gasteiger partial charge < -0.3 is 5.73 Å². The molecule has 0 aliphatic carbocycles. The summed E-state index contributed by atoms with van der Waals surface area (Å²) in [6.45, 7) is 0. The van der Waals surface area contributed by atoms with Gasteiger partial charge in [-0.15, -0.1) is 11.3 Å². The number of nitrogens with zero attached hydrogens (tertiary/aromatic N) is 1. The number of rotatable bonds is 1. The summed E-state index contributed by atoms with van der Waals surface area (Å²) in [6.07, 6.45) is 0. The Balaban J connectivity index is 2.16. The number of benzene rings is 2. The van der Waals surface area contributed by atoms with Crippen LogP contribution in [0.1, 0.15) is 0 Å². The number of hydrogen-bond donors (Lipinski definition) is 1. The van der Waals surface area contributed by atoms with Gasteiger partial charge in [-0.3, -0.25) is 0 Å². The molecule has 0 aliphatic rings. The van der Waals surface area contributed by atoms with Crippen molar-refractivity contribution in [3.05, 3.63) is 46.7 Å². The quantitative estimate of drug-likeness (QED) is 0.672. The van der Waals surface area contributed by atoms with Crippen molar-refractivity contribution in [2.75, 3.05) is 5.73 Å². The molecule has 0 bridgehead atoms. The molecule has 2 N–H and O–H groups in total. The van der Waals surface area contributed by atoms with Gasteiger partial charge in [-0.1, -0.05) is 15.9 Å². The van der Waals surface area contributed by atoms with Crippen LogP contribution in [0.15, 0.2) is 40.9 Å². The summed E-state index contributed by atoms with van der Waals surface area (Å²) >= 11 is 4.95. The number of hydrogen-bond acceptors (Lipinski definition) is 3. The minimum atomic E-state index is -0.409. The highest BCUT2D eigenvalue weighted by atomic mass is 79.9. The van der Waals surface area contributed by atoms with Crippen LogP contribution in [0.3, 0.4) is 0 Å². The molecule has 0 spiro atoms. The molecular formula is C13H8BrFN2S. The molecule has 1 heterocycles. The SMILES string of the molecule is Nc1ccc(-c2nc3ccc(Br)cc3s2)cc1F. The predicted octanol–water partition coefficient (Wildman–Crippen LogP) is 4.45. The van der Waals surface area contributed by atoms with Crippen molar-refractivity contribution < 1.29 is 4.39 Å². The third-order valence-corrected chi connectivity index (χ3v) is 4.16. The highest BCUT2D eigenvalue weighted by molar-refractivity contribution is 9.10. The van der Waals surface area contributed by atoms with Crippen LogP contribution in [-0.2, 0) is 0 Å². The van der Waals surface area contributed by atoms with Crippen LogP contribution >= 0.6 is 27.3 Å². The van der Waals surface area contributed by atoms with E-state index < -0.39 is 5.82 Å². The summed E-state index contributed by atoms with van der Waals surface area (Å²) in [5, 5.41) is 0.794. The molecular weight excluding hydrogens is 315 g/mol. The van der Waals surface area contributed by atoms with E-state index in [1.54, 1.807) is 12.1 Å². The highest BCUT2D eigenvalue weighted by Gasteiger charge is 2.08. The maximum Gasteiger partial charge on any atom is 0.146 e. The first-order chi connectivity index (χ1) is 8.63. The van der Waals surface area contributed by atoms with Crippen molar-refractivity contribution in [3.63, 3.8) is 0 Å². The fourth-order valence-electron chi connectivity index (χ4n) is 1.68. The summed E-state index contributed by atoms with van der Waals surface area (Å²) in [5.41, 5.74) is 7.28. The van der Waals surface area contributed by atoms with Crippen LogP contribution in [0, 0.1) is 5.82 Å². The molecule has 0 radical (unpaired) electrons. The zero-order valence-electron chi connectivity index (χ0n) is 9.15. The molecule has 5 heteroatoms. The van der Waals surface area contributed by atoms with Gasteiger partial charge in [0.25, 0.3) is 0 Å². The average Bonchev–Trinajstić information content (AvgIpc) is 2.75. The highest BCUT2D eigenvalue weighted by Crippen LogP contribution is 2.32. The van der Waals surface area contributed by atoms with Crippen LogP contribution in [-0.4, -0.2) is 4.98 Å². The fraction of sp³-hybridized carbons (Fsp3) is 0. The van der Waals surface area contributed by atoms with E-state index in [4.69, 9.17) is 5.73 Å². The van der Waals surface area contributed by atoms with Gasteiger partial charge >= 0.3 is 0 Å². The monoisotopic (exact) mass is 322 g/mol. The van der Waals surface area contributed by atoms with Gasteiger partial charge in [0, 0.05) is 10.0 Å². The first-order valence-electron chi connectivity index (χ1n) is 5.25. The normalized spacial score (nSPS) is 11.0. The fourth-order valence-corrected chi connectivity index (χ4v) is 3.20. The Labute approximate surface area is 115 Å². The van der Waals surface area contributed by atoms with Crippen molar-refractivity contribution in [2.24, 2.45) is 0 Å². The lowest BCUT2D eigenvalue weighted by atomic mass is 10.2. The van der Waals surface area contributed by atoms with E-state index in [9.17, 15) is 4.39 Å². The molecule has 0 amide bonds. The zero-order valence-corrected chi connectivity index (χ0v) is 11.6. The molecule has 3 rings (SSSR count). The van der Waals surface area contributed by atoms with Crippen molar-refractivity contribution >= 4 is 43.2 Å². The van der Waals surface area contributed by atoms with Gasteiger partial charge in [-0.2, -0.15) is 0 Å². The van der Waals surface area contributed by atoms with Crippen LogP contribution in [0.4, 0.5) is 10.1 Å². The van der Waals surface area contributed by atoms with Crippen LogP contribution in [0.2, 0.25) is 0 Å². The Hall–Kier alpha value is -1.46. The second-order valence-electron chi connectivity index (χ2n) is 3.87. The number of fused-ring (bicyclic) bond motifs is 1. The lowest BCUT2D eigenvalue weighted by Crippen LogP contribution is -1.90. The van der Waals surface area contributed by atoms with Crippen molar-refractivity contribution in [1.82, 2.24) is 4.98 Å². The third-order valence-electron chi connectivity index (χ3n) is 2.60. The van der Waals surface area contributed by atoms with Crippen LogP contribution < -0.4 is 5.73 Å². The van der Waals surface area contributed by atoms with E-state index in [1.165, 1.54) is 17.4 Å². The molecule has 0 atom stereocenters. The van der Waals surface area contributed by atoms with Gasteiger partial charge in [0.1, 0.15) is 10.8 Å². The standard InChI is InChI=1S/C13H8BrFN2S/c14-8-2-4-11-12(6-8)18-13(17-11)7-1-3-10(16)9(15)5-7/h1-6H,16H2. The lowest BCUT2D eigenvalue weighted by Gasteiger charge is -1.98. The molecule has 0 unspecified atom stereocenters. The van der Waals surface area contributed by atoms with Crippen LogP contribution in [0.25, 0.3) is 20.8 Å². The van der Waals surface area contributed by atoms with Crippen molar-refractivity contribution in [1.29, 1.82) is 0 Å². The number of aromatic nitrogens is 1. The Bertz CT molecular complexity index is 739. The molecule has 1 aromatic heterocycles. The summed E-state index contributed by atoms with van der Waals surface area (Å²) in [6, 6.07) is 10.6. The zero-order chi connectivity index (χ0) is 12.7. The number of halogens is 2. The van der Waals surface area contributed by atoms with Crippen LogP contribution in [0.5, 0.6) is 0 Å². The molecule has 90 valence electrons. The lowest BCUT2D eigenvalue weighted by molar-refractivity contribution is 0.633. The largest absolute Gasteiger partial charge is 0.396 e. The Morgan fingerprint density at radius 2 is 2.00 bits per heavy atom. The number of thiazole rings is 1. The van der Waals surface area contributed by atoms with E-state index in [0.717, 1.165) is 25.3 Å². The summed E-state index contributed by atoms with van der Waals surface area (Å²) in [4.78, 5) is 4.49. The molecule has 3 aromatic rings. The topological polar surface area (TPSA) is 38.9 Å². The maximum absolute atomic E-state index is 13.4. The van der Waals surface area contributed by atoms with E-state index in [0.29, 0.717) is 0 Å². The predicted molar refractivity (Wildman–Crippen MR) is 77.1 cm³/mol. The van der Waals surface area contributed by atoms with Crippen molar-refractivity contribution in [3.8, 4) is 10.6 Å². The average molecular weight is 323 g/mol. The maximum atomic E-state index is 13.4. The molecule has 0 saturated heterocycles. The molecule has 2 aromatic carbocycles. The smallest absolute Gasteiger partial charge is 0.146 e. The second kappa shape index (κ2) is 4.33.